The van der Waals surface area contributed by atoms with Crippen LogP contribution in [-0.4, -0.2) is 20.2 Å². The van der Waals surface area contributed by atoms with Gasteiger partial charge in [-0.3, -0.25) is 0 Å². The van der Waals surface area contributed by atoms with Gasteiger partial charge in [0.1, 0.15) is 5.75 Å². The van der Waals surface area contributed by atoms with E-state index in [9.17, 15) is 0 Å². The number of nitrogens with one attached hydrogen (secondary N) is 1. The molecule has 1 rings (SSSR count). The van der Waals surface area contributed by atoms with Gasteiger partial charge in [-0.05, 0) is 30.7 Å². The Bertz CT molecular complexity index is 327. The molecule has 0 aromatic heterocycles. The van der Waals surface area contributed by atoms with Gasteiger partial charge in [0.05, 0.1) is 6.61 Å². The summed E-state index contributed by atoms with van der Waals surface area (Å²) in [7, 11) is 1.97. The average molecular weight is 235 g/mol. The Kier molecular flexibility index (Phi) is 5.01. The molecule has 0 fully saturated rings. The molecule has 0 saturated carbocycles. The lowest BCUT2D eigenvalue weighted by Gasteiger charge is -2.24. The summed E-state index contributed by atoms with van der Waals surface area (Å²) in [6.45, 7) is 10.5. The maximum Gasteiger partial charge on any atom is 0.119 e. The van der Waals surface area contributed by atoms with Gasteiger partial charge in [-0.1, -0.05) is 39.8 Å². The van der Waals surface area contributed by atoms with Crippen molar-refractivity contribution < 1.29 is 4.74 Å². The molecule has 2 heteroatoms. The molecule has 0 aliphatic heterocycles. The van der Waals surface area contributed by atoms with E-state index in [1.54, 1.807) is 0 Å². The molecule has 0 bridgehead atoms. The van der Waals surface area contributed by atoms with Crippen LogP contribution in [0.2, 0.25) is 0 Å². The summed E-state index contributed by atoms with van der Waals surface area (Å²) < 4.78 is 5.82. The molecule has 0 heterocycles. The van der Waals surface area contributed by atoms with Gasteiger partial charge in [0.2, 0.25) is 0 Å². The highest BCUT2D eigenvalue weighted by molar-refractivity contribution is 5.28. The van der Waals surface area contributed by atoms with Crippen molar-refractivity contribution in [2.75, 3.05) is 20.2 Å². The van der Waals surface area contributed by atoms with E-state index in [2.05, 4.69) is 57.3 Å². The first-order valence-electron chi connectivity index (χ1n) is 6.32. The lowest BCUT2D eigenvalue weighted by atomic mass is 9.95. The van der Waals surface area contributed by atoms with Crippen molar-refractivity contribution >= 4 is 0 Å². The molecule has 0 spiro atoms. The Labute approximate surface area is 105 Å². The predicted molar refractivity (Wildman–Crippen MR) is 73.7 cm³/mol. The van der Waals surface area contributed by atoms with E-state index in [0.29, 0.717) is 5.92 Å². The van der Waals surface area contributed by atoms with Crippen LogP contribution in [0.15, 0.2) is 24.3 Å². The third-order valence-electron chi connectivity index (χ3n) is 2.83. The number of rotatable bonds is 6. The minimum absolute atomic E-state index is 0.158. The molecule has 0 amide bonds. The van der Waals surface area contributed by atoms with Gasteiger partial charge < -0.3 is 10.1 Å². The maximum atomic E-state index is 5.82. The topological polar surface area (TPSA) is 21.3 Å². The maximum absolute atomic E-state index is 5.82. The minimum Gasteiger partial charge on any atom is -0.493 e. The highest BCUT2D eigenvalue weighted by Gasteiger charge is 2.17. The third kappa shape index (κ3) is 4.78. The largest absolute Gasteiger partial charge is 0.493 e. The predicted octanol–water partition coefficient (Wildman–Crippen LogP) is 3.43. The van der Waals surface area contributed by atoms with Crippen LogP contribution in [0, 0.1) is 5.41 Å². The first kappa shape index (κ1) is 14.0. The van der Waals surface area contributed by atoms with Crippen molar-refractivity contribution in [3.8, 4) is 5.75 Å². The van der Waals surface area contributed by atoms with Gasteiger partial charge in [-0.2, -0.15) is 0 Å². The fourth-order valence-electron chi connectivity index (χ4n) is 1.76. The van der Waals surface area contributed by atoms with Crippen LogP contribution in [0.4, 0.5) is 0 Å². The second-order valence-electron chi connectivity index (χ2n) is 5.71. The molecule has 17 heavy (non-hydrogen) atoms. The molecule has 1 aromatic carbocycles. The summed E-state index contributed by atoms with van der Waals surface area (Å²) in [5.74, 6) is 1.53. The van der Waals surface area contributed by atoms with Crippen molar-refractivity contribution in [1.29, 1.82) is 0 Å². The fourth-order valence-corrected chi connectivity index (χ4v) is 1.76. The molecule has 0 atom stereocenters. The summed E-state index contributed by atoms with van der Waals surface area (Å²) in [4.78, 5) is 0. The molecule has 1 aromatic rings. The van der Waals surface area contributed by atoms with Crippen LogP contribution >= 0.6 is 0 Å². The molecule has 0 saturated heterocycles. The van der Waals surface area contributed by atoms with Crippen molar-refractivity contribution in [2.45, 2.75) is 33.6 Å². The molecule has 2 nitrogen and oxygen atoms in total. The fraction of sp³-hybridized carbons (Fsp3) is 0.600. The Morgan fingerprint density at radius 3 is 2.24 bits per heavy atom. The summed E-state index contributed by atoms with van der Waals surface area (Å²) in [6, 6.07) is 8.41. The second kappa shape index (κ2) is 6.06. The zero-order valence-electron chi connectivity index (χ0n) is 11.7. The smallest absolute Gasteiger partial charge is 0.119 e. The van der Waals surface area contributed by atoms with Crippen LogP contribution in [0.25, 0.3) is 0 Å². The van der Waals surface area contributed by atoms with Crippen LogP contribution < -0.4 is 10.1 Å². The van der Waals surface area contributed by atoms with Gasteiger partial charge >= 0.3 is 0 Å². The Morgan fingerprint density at radius 2 is 1.76 bits per heavy atom. The number of hydrogen-bond acceptors (Lipinski definition) is 2. The van der Waals surface area contributed by atoms with E-state index < -0.39 is 0 Å². The first-order valence-corrected chi connectivity index (χ1v) is 6.32. The molecular formula is C15H25NO. The zero-order chi connectivity index (χ0) is 12.9. The van der Waals surface area contributed by atoms with Gasteiger partial charge in [0, 0.05) is 12.0 Å². The minimum atomic E-state index is 0.158. The quantitative estimate of drug-likeness (QED) is 0.815. The van der Waals surface area contributed by atoms with Crippen molar-refractivity contribution in [3.05, 3.63) is 29.8 Å². The standard InChI is InChI=1S/C15H25NO/c1-12(2)13-6-8-14(9-7-13)17-11-15(3,4)10-16-5/h6-9,12,16H,10-11H2,1-5H3. The van der Waals surface area contributed by atoms with E-state index in [1.807, 2.05) is 7.05 Å². The summed E-state index contributed by atoms with van der Waals surface area (Å²) in [5, 5.41) is 3.19. The van der Waals surface area contributed by atoms with Crippen LogP contribution in [0.1, 0.15) is 39.2 Å². The molecular weight excluding hydrogens is 210 g/mol. The molecule has 96 valence electrons. The summed E-state index contributed by atoms with van der Waals surface area (Å²) >= 11 is 0. The molecule has 1 N–H and O–H groups in total. The van der Waals surface area contributed by atoms with E-state index >= 15 is 0 Å². The van der Waals surface area contributed by atoms with E-state index in [-0.39, 0.29) is 5.41 Å². The SMILES string of the molecule is CNCC(C)(C)COc1ccc(C(C)C)cc1. The summed E-state index contributed by atoms with van der Waals surface area (Å²) in [5.41, 5.74) is 1.51. The normalized spacial score (nSPS) is 11.9. The summed E-state index contributed by atoms with van der Waals surface area (Å²) in [6.07, 6.45) is 0. The van der Waals surface area contributed by atoms with E-state index in [0.717, 1.165) is 18.9 Å². The molecule has 0 radical (unpaired) electrons. The van der Waals surface area contributed by atoms with Crippen molar-refractivity contribution in [1.82, 2.24) is 5.32 Å². The first-order chi connectivity index (χ1) is 7.94. The van der Waals surface area contributed by atoms with Crippen molar-refractivity contribution in [3.63, 3.8) is 0 Å². The zero-order valence-corrected chi connectivity index (χ0v) is 11.7. The van der Waals surface area contributed by atoms with Gasteiger partial charge in [0.25, 0.3) is 0 Å². The molecule has 0 aliphatic carbocycles. The van der Waals surface area contributed by atoms with Crippen LogP contribution in [0.5, 0.6) is 5.75 Å². The highest BCUT2D eigenvalue weighted by atomic mass is 16.5. The third-order valence-corrected chi connectivity index (χ3v) is 2.83. The highest BCUT2D eigenvalue weighted by Crippen LogP contribution is 2.21. The van der Waals surface area contributed by atoms with Crippen molar-refractivity contribution in [2.24, 2.45) is 5.41 Å². The molecule has 0 aliphatic rings. The Morgan fingerprint density at radius 1 is 1.18 bits per heavy atom. The lowest BCUT2D eigenvalue weighted by molar-refractivity contribution is 0.179. The Hall–Kier alpha value is -1.02. The molecule has 0 unspecified atom stereocenters. The Balaban J connectivity index is 2.52. The lowest BCUT2D eigenvalue weighted by Crippen LogP contribution is -2.32. The second-order valence-corrected chi connectivity index (χ2v) is 5.71. The number of benzene rings is 1. The van der Waals surface area contributed by atoms with E-state index in [1.165, 1.54) is 5.56 Å². The van der Waals surface area contributed by atoms with Gasteiger partial charge in [-0.25, -0.2) is 0 Å². The average Bonchev–Trinajstić information content (AvgIpc) is 2.27. The van der Waals surface area contributed by atoms with Gasteiger partial charge in [0.15, 0.2) is 0 Å². The number of ether oxygens (including phenoxy) is 1. The number of hydrogen-bond donors (Lipinski definition) is 1. The van der Waals surface area contributed by atoms with Gasteiger partial charge in [-0.15, -0.1) is 0 Å². The monoisotopic (exact) mass is 235 g/mol. The van der Waals surface area contributed by atoms with Crippen LogP contribution in [0.3, 0.4) is 0 Å². The van der Waals surface area contributed by atoms with Crippen LogP contribution in [-0.2, 0) is 0 Å². The van der Waals surface area contributed by atoms with E-state index in [4.69, 9.17) is 4.74 Å².